The number of benzene rings is 7. The first kappa shape index (κ1) is 29.2. The van der Waals surface area contributed by atoms with E-state index in [1.165, 1.54) is 44.1 Å². The molecule has 10 rings (SSSR count). The van der Waals surface area contributed by atoms with Gasteiger partial charge in [0.05, 0.1) is 33.8 Å². The fraction of sp³-hybridized carbons (Fsp3) is 0.0213. The maximum Gasteiger partial charge on any atom is 0.235 e. The smallest absolute Gasteiger partial charge is 0.235 e. The van der Waals surface area contributed by atoms with E-state index in [0.717, 1.165) is 46.0 Å². The number of hydrogen-bond acceptors (Lipinski definition) is 3. The minimum absolute atomic E-state index is 0.658. The molecule has 0 spiro atoms. The summed E-state index contributed by atoms with van der Waals surface area (Å²) in [5.74, 6) is 0.658. The zero-order valence-electron chi connectivity index (χ0n) is 27.8. The van der Waals surface area contributed by atoms with Crippen molar-refractivity contribution in [3.05, 3.63) is 193 Å². The van der Waals surface area contributed by atoms with E-state index in [0.29, 0.717) is 5.95 Å². The number of hydrogen-bond donors (Lipinski definition) is 0. The molecule has 4 heteroatoms. The van der Waals surface area contributed by atoms with Gasteiger partial charge >= 0.3 is 0 Å². The summed E-state index contributed by atoms with van der Waals surface area (Å²) in [5, 5.41) is 2.51. The third-order valence-corrected chi connectivity index (χ3v) is 10.0. The molecule has 0 amide bonds. The lowest BCUT2D eigenvalue weighted by atomic mass is 9.92. The van der Waals surface area contributed by atoms with Crippen molar-refractivity contribution in [1.82, 2.24) is 14.5 Å². The van der Waals surface area contributed by atoms with Crippen molar-refractivity contribution in [3.63, 3.8) is 0 Å². The van der Waals surface area contributed by atoms with E-state index in [1.807, 2.05) is 12.1 Å². The Kier molecular flexibility index (Phi) is 6.85. The minimum atomic E-state index is 0.658. The molecule has 0 atom stereocenters. The molecule has 0 radical (unpaired) electrons. The second-order valence-corrected chi connectivity index (χ2v) is 13.1. The first-order valence-electron chi connectivity index (χ1n) is 17.4. The molecule has 51 heavy (non-hydrogen) atoms. The maximum absolute atomic E-state index is 5.24. The van der Waals surface area contributed by atoms with Gasteiger partial charge in [0.25, 0.3) is 0 Å². The normalized spacial score (nSPS) is 12.2. The van der Waals surface area contributed by atoms with Gasteiger partial charge in [-0.3, -0.25) is 4.90 Å². The number of rotatable bonds is 5. The number of para-hydroxylation sites is 3. The van der Waals surface area contributed by atoms with Crippen LogP contribution in [0.3, 0.4) is 0 Å². The van der Waals surface area contributed by atoms with Crippen LogP contribution in [-0.2, 0) is 6.42 Å². The van der Waals surface area contributed by atoms with Crippen LogP contribution in [0.2, 0.25) is 0 Å². The molecule has 0 aliphatic carbocycles. The highest BCUT2D eigenvalue weighted by Gasteiger charge is 2.27. The largest absolute Gasteiger partial charge is 0.309 e. The molecular formula is C47H32N4. The average molecular weight is 653 g/mol. The molecule has 0 saturated carbocycles. The predicted molar refractivity (Wildman–Crippen MR) is 210 cm³/mol. The third kappa shape index (κ3) is 5.00. The second kappa shape index (κ2) is 12.0. The Hall–Kier alpha value is -6.78. The molecule has 4 nitrogen and oxygen atoms in total. The van der Waals surface area contributed by atoms with Crippen molar-refractivity contribution >= 4 is 39.1 Å². The van der Waals surface area contributed by atoms with E-state index >= 15 is 0 Å². The molecule has 2 aromatic heterocycles. The van der Waals surface area contributed by atoms with Crippen LogP contribution in [0.15, 0.2) is 182 Å². The van der Waals surface area contributed by atoms with Gasteiger partial charge in [-0.25, -0.2) is 9.97 Å². The van der Waals surface area contributed by atoms with Crippen LogP contribution in [0, 0.1) is 0 Å². The van der Waals surface area contributed by atoms with E-state index in [2.05, 4.69) is 179 Å². The summed E-state index contributed by atoms with van der Waals surface area (Å²) >= 11 is 0. The maximum atomic E-state index is 5.24. The summed E-state index contributed by atoms with van der Waals surface area (Å²) in [6.07, 6.45) is 0.826. The van der Waals surface area contributed by atoms with Gasteiger partial charge in [0.15, 0.2) is 0 Å². The van der Waals surface area contributed by atoms with Crippen LogP contribution in [0.4, 0.5) is 17.3 Å². The van der Waals surface area contributed by atoms with E-state index in [1.54, 1.807) is 0 Å². The van der Waals surface area contributed by atoms with Crippen LogP contribution < -0.4 is 4.90 Å². The standard InChI is InChI=1S/C47H32N4/c1-4-14-32(15-5-1)41-31-42(33-16-6-2-7-17-33)49-47(48-41)51-43-22-12-10-18-36(43)29-37-28-34(25-27-44(37)51)35-24-26-40-39-21-11-13-23-45(39)50(46(40)30-35)38-19-8-3-9-20-38/h1-28,30-31H,29H2. The molecule has 240 valence electrons. The number of anilines is 3. The molecule has 0 fully saturated rings. The monoisotopic (exact) mass is 652 g/mol. The lowest BCUT2D eigenvalue weighted by Crippen LogP contribution is -2.21. The van der Waals surface area contributed by atoms with Crippen molar-refractivity contribution in [3.8, 4) is 39.3 Å². The van der Waals surface area contributed by atoms with Crippen molar-refractivity contribution < 1.29 is 0 Å². The lowest BCUT2D eigenvalue weighted by Gasteiger charge is -2.32. The minimum Gasteiger partial charge on any atom is -0.309 e. The summed E-state index contributed by atoms with van der Waals surface area (Å²) in [7, 11) is 0. The average Bonchev–Trinajstić information content (AvgIpc) is 3.54. The van der Waals surface area contributed by atoms with Crippen molar-refractivity contribution in [2.24, 2.45) is 0 Å². The highest BCUT2D eigenvalue weighted by atomic mass is 15.3. The van der Waals surface area contributed by atoms with Gasteiger partial charge in [0, 0.05) is 34.0 Å². The molecule has 7 aromatic carbocycles. The summed E-state index contributed by atoms with van der Waals surface area (Å²) < 4.78 is 2.38. The van der Waals surface area contributed by atoms with Crippen molar-refractivity contribution in [2.75, 3.05) is 4.90 Å². The first-order chi connectivity index (χ1) is 25.3. The summed E-state index contributed by atoms with van der Waals surface area (Å²) in [6.45, 7) is 0. The molecule has 0 saturated heterocycles. The highest BCUT2D eigenvalue weighted by Crippen LogP contribution is 2.45. The van der Waals surface area contributed by atoms with Gasteiger partial charge in [-0.15, -0.1) is 0 Å². The second-order valence-electron chi connectivity index (χ2n) is 13.1. The van der Waals surface area contributed by atoms with Gasteiger partial charge < -0.3 is 4.57 Å². The SMILES string of the molecule is c1ccc(-c2cc(-c3ccccc3)nc(N3c4ccccc4Cc4cc(-c5ccc6c7ccccc7n(-c7ccccc7)c6c5)ccc43)n2)cc1. The van der Waals surface area contributed by atoms with Gasteiger partial charge in [0.2, 0.25) is 5.95 Å². The topological polar surface area (TPSA) is 34.0 Å². The van der Waals surface area contributed by atoms with Crippen LogP contribution in [0.25, 0.3) is 61.1 Å². The Labute approximate surface area is 296 Å². The van der Waals surface area contributed by atoms with E-state index < -0.39 is 0 Å². The Morgan fingerprint density at radius 1 is 0.392 bits per heavy atom. The Bertz CT molecular complexity index is 2660. The predicted octanol–water partition coefficient (Wildman–Crippen LogP) is 11.9. The third-order valence-electron chi connectivity index (χ3n) is 10.0. The Morgan fingerprint density at radius 3 is 1.71 bits per heavy atom. The van der Waals surface area contributed by atoms with Crippen LogP contribution in [0.5, 0.6) is 0 Å². The molecule has 1 aliphatic rings. The number of nitrogens with zero attached hydrogens (tertiary/aromatic N) is 4. The van der Waals surface area contributed by atoms with E-state index in [-0.39, 0.29) is 0 Å². The van der Waals surface area contributed by atoms with Crippen LogP contribution >= 0.6 is 0 Å². The molecular weight excluding hydrogens is 621 g/mol. The van der Waals surface area contributed by atoms with Gasteiger partial charge in [0.1, 0.15) is 0 Å². The van der Waals surface area contributed by atoms with Crippen LogP contribution in [-0.4, -0.2) is 14.5 Å². The van der Waals surface area contributed by atoms with Crippen LogP contribution in [0.1, 0.15) is 11.1 Å². The number of aromatic nitrogens is 3. The highest BCUT2D eigenvalue weighted by molar-refractivity contribution is 6.10. The van der Waals surface area contributed by atoms with Gasteiger partial charge in [-0.05, 0) is 70.8 Å². The van der Waals surface area contributed by atoms with Crippen molar-refractivity contribution in [2.45, 2.75) is 6.42 Å². The first-order valence-corrected chi connectivity index (χ1v) is 17.4. The molecule has 0 unspecified atom stereocenters. The fourth-order valence-corrected chi connectivity index (χ4v) is 7.61. The molecule has 0 N–H and O–H groups in total. The fourth-order valence-electron chi connectivity index (χ4n) is 7.61. The molecule has 1 aliphatic heterocycles. The molecule has 0 bridgehead atoms. The quantitative estimate of drug-likeness (QED) is 0.186. The lowest BCUT2D eigenvalue weighted by molar-refractivity contribution is 1.02. The summed E-state index contributed by atoms with van der Waals surface area (Å²) in [5.41, 5.74) is 14.5. The summed E-state index contributed by atoms with van der Waals surface area (Å²) in [6, 6.07) is 64.6. The summed E-state index contributed by atoms with van der Waals surface area (Å²) in [4.78, 5) is 12.7. The van der Waals surface area contributed by atoms with Gasteiger partial charge in [-0.1, -0.05) is 133 Å². The molecule has 9 aromatic rings. The zero-order chi connectivity index (χ0) is 33.7. The Morgan fingerprint density at radius 2 is 0.961 bits per heavy atom. The zero-order valence-corrected chi connectivity index (χ0v) is 27.8. The van der Waals surface area contributed by atoms with Crippen molar-refractivity contribution in [1.29, 1.82) is 0 Å². The molecule has 3 heterocycles. The van der Waals surface area contributed by atoms with E-state index in [4.69, 9.17) is 9.97 Å². The number of fused-ring (bicyclic) bond motifs is 5. The van der Waals surface area contributed by atoms with E-state index in [9.17, 15) is 0 Å². The van der Waals surface area contributed by atoms with Gasteiger partial charge in [-0.2, -0.15) is 0 Å². The Balaban J connectivity index is 1.14.